The number of carbonyl (C=O) groups excluding carboxylic acids is 3. The lowest BCUT2D eigenvalue weighted by Gasteiger charge is -2.34. The van der Waals surface area contributed by atoms with Crippen LogP contribution in [0.5, 0.6) is 0 Å². The number of amides is 2. The van der Waals surface area contributed by atoms with Crippen molar-refractivity contribution in [2.75, 3.05) is 19.7 Å². The topological polar surface area (TPSA) is 75.7 Å². The fourth-order valence-corrected chi connectivity index (χ4v) is 6.35. The molecule has 1 unspecified atom stereocenters. The summed E-state index contributed by atoms with van der Waals surface area (Å²) in [5.74, 6) is -0.620. The first-order valence-corrected chi connectivity index (χ1v) is 19.3. The first-order valence-electron chi connectivity index (χ1n) is 19.3. The predicted molar refractivity (Wildman–Crippen MR) is 185 cm³/mol. The molecule has 0 aromatic rings. The largest absolute Gasteiger partial charge is 0.466 e. The van der Waals surface area contributed by atoms with Crippen molar-refractivity contribution in [2.24, 2.45) is 0 Å². The maximum atomic E-state index is 12.9. The van der Waals surface area contributed by atoms with Gasteiger partial charge >= 0.3 is 5.97 Å². The Kier molecular flexibility index (Phi) is 27.6. The van der Waals surface area contributed by atoms with Crippen molar-refractivity contribution in [3.8, 4) is 0 Å². The summed E-state index contributed by atoms with van der Waals surface area (Å²) in [6, 6.07) is -0.734. The fraction of sp³-hybridized carbons (Fsp3) is 0.921. The molecule has 6 heteroatoms. The maximum absolute atomic E-state index is 12.9. The number of hydrogen-bond donors (Lipinski definition) is 1. The zero-order valence-corrected chi connectivity index (χ0v) is 29.3. The SMILES string of the molecule is CCCCCCCCCCCCCCCCCCCCCC(=O)N1CCNC(=O)C1CC(=O)OCCCCCCCCCC. The van der Waals surface area contributed by atoms with Gasteiger partial charge < -0.3 is 15.0 Å². The molecule has 1 saturated heterocycles. The van der Waals surface area contributed by atoms with Crippen LogP contribution >= 0.6 is 0 Å². The molecule has 1 N–H and O–H groups in total. The van der Waals surface area contributed by atoms with Crippen molar-refractivity contribution in [1.82, 2.24) is 10.2 Å². The van der Waals surface area contributed by atoms with Gasteiger partial charge in [-0.3, -0.25) is 14.4 Å². The summed E-state index contributed by atoms with van der Waals surface area (Å²) in [6.07, 6.45) is 35.1. The van der Waals surface area contributed by atoms with E-state index in [9.17, 15) is 14.4 Å². The molecule has 0 radical (unpaired) electrons. The van der Waals surface area contributed by atoms with Crippen molar-refractivity contribution < 1.29 is 19.1 Å². The number of piperazine rings is 1. The van der Waals surface area contributed by atoms with Gasteiger partial charge in [-0.05, 0) is 12.8 Å². The van der Waals surface area contributed by atoms with Crippen LogP contribution in [0.3, 0.4) is 0 Å². The minimum Gasteiger partial charge on any atom is -0.466 e. The van der Waals surface area contributed by atoms with E-state index in [-0.39, 0.29) is 24.2 Å². The van der Waals surface area contributed by atoms with E-state index in [4.69, 9.17) is 4.74 Å². The molecule has 1 fully saturated rings. The molecule has 1 aliphatic rings. The van der Waals surface area contributed by atoms with Crippen molar-refractivity contribution in [1.29, 1.82) is 0 Å². The molecule has 0 spiro atoms. The molecule has 1 rings (SSSR count). The molecule has 258 valence electrons. The normalized spacial score (nSPS) is 15.0. The summed E-state index contributed by atoms with van der Waals surface area (Å²) in [4.78, 5) is 39.5. The van der Waals surface area contributed by atoms with E-state index in [0.717, 1.165) is 25.7 Å². The van der Waals surface area contributed by atoms with Gasteiger partial charge in [0.25, 0.3) is 0 Å². The Morgan fingerprint density at radius 2 is 1.00 bits per heavy atom. The fourth-order valence-electron chi connectivity index (χ4n) is 6.35. The van der Waals surface area contributed by atoms with E-state index in [0.29, 0.717) is 26.1 Å². The Labute approximate surface area is 272 Å². The first kappa shape index (κ1) is 40.4. The Balaban J connectivity index is 2.02. The number of ether oxygens (including phenoxy) is 1. The van der Waals surface area contributed by atoms with Crippen LogP contribution in [0, 0.1) is 0 Å². The second kappa shape index (κ2) is 30.1. The molecular formula is C38H72N2O4. The molecule has 1 heterocycles. The molecule has 6 nitrogen and oxygen atoms in total. The molecule has 0 aromatic heterocycles. The van der Waals surface area contributed by atoms with Gasteiger partial charge in [0, 0.05) is 19.5 Å². The highest BCUT2D eigenvalue weighted by atomic mass is 16.5. The van der Waals surface area contributed by atoms with E-state index in [1.165, 1.54) is 148 Å². The Morgan fingerprint density at radius 1 is 0.614 bits per heavy atom. The zero-order chi connectivity index (χ0) is 31.9. The molecule has 1 atom stereocenters. The summed E-state index contributed by atoms with van der Waals surface area (Å²) in [7, 11) is 0. The highest BCUT2D eigenvalue weighted by Gasteiger charge is 2.34. The van der Waals surface area contributed by atoms with Crippen LogP contribution in [0.1, 0.15) is 200 Å². The Morgan fingerprint density at radius 3 is 1.43 bits per heavy atom. The van der Waals surface area contributed by atoms with Gasteiger partial charge in [0.05, 0.1) is 13.0 Å². The third-order valence-corrected chi connectivity index (χ3v) is 9.27. The maximum Gasteiger partial charge on any atom is 0.308 e. The Bertz CT molecular complexity index is 698. The lowest BCUT2D eigenvalue weighted by atomic mass is 10.0. The highest BCUT2D eigenvalue weighted by Crippen LogP contribution is 2.17. The van der Waals surface area contributed by atoms with E-state index < -0.39 is 6.04 Å². The summed E-state index contributed by atoms with van der Waals surface area (Å²) in [6.45, 7) is 5.83. The number of hydrogen-bond acceptors (Lipinski definition) is 4. The average molecular weight is 621 g/mol. The van der Waals surface area contributed by atoms with Gasteiger partial charge in [-0.2, -0.15) is 0 Å². The molecule has 0 aromatic carbocycles. The number of rotatable bonds is 31. The molecule has 1 aliphatic heterocycles. The molecule has 2 amide bonds. The van der Waals surface area contributed by atoms with Crippen LogP contribution in [-0.2, 0) is 19.1 Å². The zero-order valence-electron chi connectivity index (χ0n) is 29.3. The quantitative estimate of drug-likeness (QED) is 0.0618. The molecular weight excluding hydrogens is 548 g/mol. The lowest BCUT2D eigenvalue weighted by molar-refractivity contribution is -0.152. The van der Waals surface area contributed by atoms with Crippen LogP contribution in [0.4, 0.5) is 0 Å². The first-order chi connectivity index (χ1) is 21.6. The van der Waals surface area contributed by atoms with Crippen LogP contribution in [-0.4, -0.2) is 48.4 Å². The molecule has 0 saturated carbocycles. The van der Waals surface area contributed by atoms with Gasteiger partial charge in [-0.25, -0.2) is 0 Å². The molecule has 44 heavy (non-hydrogen) atoms. The summed E-state index contributed by atoms with van der Waals surface area (Å²) in [5, 5.41) is 2.82. The van der Waals surface area contributed by atoms with Gasteiger partial charge in [0.2, 0.25) is 11.8 Å². The van der Waals surface area contributed by atoms with E-state index in [1.54, 1.807) is 4.90 Å². The number of nitrogens with zero attached hydrogens (tertiary/aromatic N) is 1. The highest BCUT2D eigenvalue weighted by molar-refractivity contribution is 5.91. The second-order valence-corrected chi connectivity index (χ2v) is 13.4. The van der Waals surface area contributed by atoms with Crippen LogP contribution in [0.25, 0.3) is 0 Å². The lowest BCUT2D eigenvalue weighted by Crippen LogP contribution is -2.57. The Hall–Kier alpha value is -1.59. The minimum atomic E-state index is -0.734. The van der Waals surface area contributed by atoms with Crippen LogP contribution in [0.2, 0.25) is 0 Å². The number of unbranched alkanes of at least 4 members (excludes halogenated alkanes) is 25. The standard InChI is InChI=1S/C38H72N2O4/c1-3-5-7-9-11-13-14-15-16-17-18-19-20-21-22-23-24-26-28-30-36(41)40-32-31-39-38(43)35(40)34-37(42)44-33-29-27-25-12-10-8-6-4-2/h35H,3-34H2,1-2H3,(H,39,43). The van der Waals surface area contributed by atoms with E-state index in [2.05, 4.69) is 19.2 Å². The number of carbonyl (C=O) groups is 3. The number of nitrogens with one attached hydrogen (secondary N) is 1. The van der Waals surface area contributed by atoms with E-state index >= 15 is 0 Å². The van der Waals surface area contributed by atoms with Gasteiger partial charge in [-0.1, -0.05) is 174 Å². The van der Waals surface area contributed by atoms with E-state index in [1.807, 2.05) is 0 Å². The minimum absolute atomic E-state index is 0.00676. The second-order valence-electron chi connectivity index (χ2n) is 13.4. The third kappa shape index (κ3) is 22.8. The van der Waals surface area contributed by atoms with Crippen molar-refractivity contribution in [3.05, 3.63) is 0 Å². The van der Waals surface area contributed by atoms with Crippen molar-refractivity contribution >= 4 is 17.8 Å². The molecule has 0 bridgehead atoms. The van der Waals surface area contributed by atoms with Gasteiger partial charge in [0.15, 0.2) is 0 Å². The third-order valence-electron chi connectivity index (χ3n) is 9.27. The predicted octanol–water partition coefficient (Wildman–Crippen LogP) is 10.2. The molecule has 0 aliphatic carbocycles. The number of esters is 1. The van der Waals surface area contributed by atoms with Gasteiger partial charge in [-0.15, -0.1) is 0 Å². The van der Waals surface area contributed by atoms with Crippen LogP contribution < -0.4 is 5.32 Å². The van der Waals surface area contributed by atoms with Crippen LogP contribution in [0.15, 0.2) is 0 Å². The van der Waals surface area contributed by atoms with Crippen molar-refractivity contribution in [2.45, 2.75) is 206 Å². The average Bonchev–Trinajstić information content (AvgIpc) is 3.02. The van der Waals surface area contributed by atoms with Crippen molar-refractivity contribution in [3.63, 3.8) is 0 Å². The summed E-state index contributed by atoms with van der Waals surface area (Å²) < 4.78 is 5.41. The smallest absolute Gasteiger partial charge is 0.308 e. The summed E-state index contributed by atoms with van der Waals surface area (Å²) in [5.41, 5.74) is 0. The monoisotopic (exact) mass is 621 g/mol. The van der Waals surface area contributed by atoms with Gasteiger partial charge in [0.1, 0.15) is 6.04 Å². The summed E-state index contributed by atoms with van der Waals surface area (Å²) >= 11 is 0.